The Labute approximate surface area is 91.7 Å². The molecule has 1 N–H and O–H groups in total. The Kier molecular flexibility index (Phi) is 4.88. The van der Waals surface area contributed by atoms with Gasteiger partial charge in [0.25, 0.3) is 0 Å². The van der Waals surface area contributed by atoms with E-state index in [4.69, 9.17) is 0 Å². The second-order valence-electron chi connectivity index (χ2n) is 3.71. The number of ketones is 1. The zero-order valence-corrected chi connectivity index (χ0v) is 9.49. The van der Waals surface area contributed by atoms with Crippen molar-refractivity contribution in [2.24, 2.45) is 0 Å². The molecule has 0 aliphatic heterocycles. The van der Waals surface area contributed by atoms with Gasteiger partial charge in [0.1, 0.15) is 5.78 Å². The van der Waals surface area contributed by atoms with E-state index in [1.165, 1.54) is 0 Å². The summed E-state index contributed by atoms with van der Waals surface area (Å²) >= 11 is 0. The van der Waals surface area contributed by atoms with E-state index >= 15 is 0 Å². The van der Waals surface area contributed by atoms with E-state index in [0.717, 1.165) is 12.1 Å². The Morgan fingerprint density at radius 1 is 1.27 bits per heavy atom. The van der Waals surface area contributed by atoms with Gasteiger partial charge in [-0.25, -0.2) is 0 Å². The number of benzene rings is 1. The number of carbonyl (C=O) groups excluding carboxylic acids is 1. The average Bonchev–Trinajstić information content (AvgIpc) is 2.29. The molecule has 0 aliphatic rings. The minimum atomic E-state index is 0.264. The second kappa shape index (κ2) is 6.23. The highest BCUT2D eigenvalue weighted by atomic mass is 16.1. The number of rotatable bonds is 6. The zero-order valence-electron chi connectivity index (χ0n) is 9.49. The molecule has 1 aromatic rings. The van der Waals surface area contributed by atoms with E-state index in [9.17, 15) is 4.79 Å². The lowest BCUT2D eigenvalue weighted by Gasteiger charge is -2.17. The van der Waals surface area contributed by atoms with Crippen LogP contribution in [0, 0.1) is 0 Å². The molecule has 0 saturated carbocycles. The van der Waals surface area contributed by atoms with E-state index in [2.05, 4.69) is 12.2 Å². The van der Waals surface area contributed by atoms with Gasteiger partial charge in [0, 0.05) is 24.6 Å². The molecule has 0 heterocycles. The maximum absolute atomic E-state index is 11.3. The van der Waals surface area contributed by atoms with Crippen molar-refractivity contribution in [1.29, 1.82) is 0 Å². The van der Waals surface area contributed by atoms with Crippen molar-refractivity contribution < 1.29 is 4.79 Å². The van der Waals surface area contributed by atoms with Crippen molar-refractivity contribution in [2.45, 2.75) is 39.2 Å². The Hall–Kier alpha value is -1.31. The summed E-state index contributed by atoms with van der Waals surface area (Å²) < 4.78 is 0. The molecule has 1 aromatic carbocycles. The summed E-state index contributed by atoms with van der Waals surface area (Å²) in [5.41, 5.74) is 1.09. The molecule has 0 saturated heterocycles. The van der Waals surface area contributed by atoms with Crippen LogP contribution in [0.2, 0.25) is 0 Å². The smallest absolute Gasteiger partial charge is 0.134 e. The minimum Gasteiger partial charge on any atom is -0.382 e. The van der Waals surface area contributed by atoms with Gasteiger partial charge in [-0.15, -0.1) is 0 Å². The molecule has 1 rings (SSSR count). The van der Waals surface area contributed by atoms with Crippen LogP contribution in [0.3, 0.4) is 0 Å². The summed E-state index contributed by atoms with van der Waals surface area (Å²) in [5.74, 6) is 0.324. The highest BCUT2D eigenvalue weighted by molar-refractivity contribution is 5.79. The maximum atomic E-state index is 11.3. The van der Waals surface area contributed by atoms with Crippen LogP contribution in [-0.2, 0) is 4.79 Å². The van der Waals surface area contributed by atoms with Crippen molar-refractivity contribution in [2.75, 3.05) is 5.32 Å². The third-order valence-corrected chi connectivity index (χ3v) is 2.51. The van der Waals surface area contributed by atoms with Gasteiger partial charge in [-0.3, -0.25) is 4.79 Å². The van der Waals surface area contributed by atoms with Gasteiger partial charge in [0.15, 0.2) is 0 Å². The lowest BCUT2D eigenvalue weighted by molar-refractivity contribution is -0.119. The molecule has 15 heavy (non-hydrogen) atoms. The number of para-hydroxylation sites is 1. The predicted molar refractivity (Wildman–Crippen MR) is 64.1 cm³/mol. The molecule has 82 valence electrons. The molecule has 0 spiro atoms. The minimum absolute atomic E-state index is 0.264. The SMILES string of the molecule is CCC(=O)CC(CC)Nc1ccccc1. The largest absolute Gasteiger partial charge is 0.382 e. The summed E-state index contributed by atoms with van der Waals surface area (Å²) in [6.07, 6.45) is 2.23. The fraction of sp³-hybridized carbons (Fsp3) is 0.462. The summed E-state index contributed by atoms with van der Waals surface area (Å²) in [6.45, 7) is 4.01. The molecular formula is C13H19NO. The third-order valence-electron chi connectivity index (χ3n) is 2.51. The van der Waals surface area contributed by atoms with Gasteiger partial charge in [0.05, 0.1) is 0 Å². The van der Waals surface area contributed by atoms with Crippen molar-refractivity contribution in [1.82, 2.24) is 0 Å². The van der Waals surface area contributed by atoms with E-state index in [1.807, 2.05) is 37.3 Å². The van der Waals surface area contributed by atoms with Crippen LogP contribution in [0.15, 0.2) is 30.3 Å². The van der Waals surface area contributed by atoms with E-state index in [0.29, 0.717) is 18.6 Å². The van der Waals surface area contributed by atoms with Gasteiger partial charge in [-0.05, 0) is 18.6 Å². The Morgan fingerprint density at radius 2 is 1.93 bits per heavy atom. The lowest BCUT2D eigenvalue weighted by Crippen LogP contribution is -2.21. The summed E-state index contributed by atoms with van der Waals surface area (Å²) in [5, 5.41) is 3.37. The van der Waals surface area contributed by atoms with Gasteiger partial charge in [-0.2, -0.15) is 0 Å². The summed E-state index contributed by atoms with van der Waals surface area (Å²) in [6, 6.07) is 10.3. The van der Waals surface area contributed by atoms with Crippen LogP contribution in [0.4, 0.5) is 5.69 Å². The molecule has 0 amide bonds. The third kappa shape index (κ3) is 4.15. The van der Waals surface area contributed by atoms with E-state index in [1.54, 1.807) is 0 Å². The molecular weight excluding hydrogens is 186 g/mol. The Bertz CT molecular complexity index is 295. The van der Waals surface area contributed by atoms with Crippen molar-refractivity contribution in [3.8, 4) is 0 Å². The lowest BCUT2D eigenvalue weighted by atomic mass is 10.1. The first-order valence-corrected chi connectivity index (χ1v) is 5.59. The maximum Gasteiger partial charge on any atom is 0.134 e. The number of anilines is 1. The summed E-state index contributed by atoms with van der Waals surface area (Å²) in [7, 11) is 0. The highest BCUT2D eigenvalue weighted by Gasteiger charge is 2.09. The zero-order chi connectivity index (χ0) is 11.1. The first kappa shape index (κ1) is 11.8. The molecule has 0 fully saturated rings. The van der Waals surface area contributed by atoms with Crippen molar-refractivity contribution in [3.05, 3.63) is 30.3 Å². The first-order chi connectivity index (χ1) is 7.26. The van der Waals surface area contributed by atoms with Crippen LogP contribution in [-0.4, -0.2) is 11.8 Å². The number of hydrogen-bond donors (Lipinski definition) is 1. The fourth-order valence-corrected chi connectivity index (χ4v) is 1.49. The molecule has 1 atom stereocenters. The molecule has 0 radical (unpaired) electrons. The molecule has 0 aromatic heterocycles. The highest BCUT2D eigenvalue weighted by Crippen LogP contribution is 2.11. The molecule has 0 bridgehead atoms. The fourth-order valence-electron chi connectivity index (χ4n) is 1.49. The van der Waals surface area contributed by atoms with E-state index in [-0.39, 0.29) is 6.04 Å². The van der Waals surface area contributed by atoms with E-state index < -0.39 is 0 Å². The number of hydrogen-bond acceptors (Lipinski definition) is 2. The first-order valence-electron chi connectivity index (χ1n) is 5.59. The van der Waals surface area contributed by atoms with Crippen LogP contribution in [0.1, 0.15) is 33.1 Å². The monoisotopic (exact) mass is 205 g/mol. The molecule has 2 nitrogen and oxygen atoms in total. The van der Waals surface area contributed by atoms with Crippen molar-refractivity contribution >= 4 is 11.5 Å². The average molecular weight is 205 g/mol. The van der Waals surface area contributed by atoms with Crippen molar-refractivity contribution in [3.63, 3.8) is 0 Å². The van der Waals surface area contributed by atoms with Crippen LogP contribution in [0.25, 0.3) is 0 Å². The topological polar surface area (TPSA) is 29.1 Å². The normalized spacial score (nSPS) is 12.1. The predicted octanol–water partition coefficient (Wildman–Crippen LogP) is 3.25. The molecule has 2 heteroatoms. The number of carbonyl (C=O) groups is 1. The van der Waals surface area contributed by atoms with Gasteiger partial charge < -0.3 is 5.32 Å². The standard InChI is InChI=1S/C13H19NO/c1-3-11(10-13(15)4-2)14-12-8-6-5-7-9-12/h5-9,11,14H,3-4,10H2,1-2H3. The Morgan fingerprint density at radius 3 is 2.47 bits per heavy atom. The number of Topliss-reactive ketones (excluding diaryl/α,β-unsaturated/α-hetero) is 1. The number of nitrogens with one attached hydrogen (secondary N) is 1. The van der Waals surface area contributed by atoms with Gasteiger partial charge in [0.2, 0.25) is 0 Å². The van der Waals surface area contributed by atoms with Crippen LogP contribution >= 0.6 is 0 Å². The summed E-state index contributed by atoms with van der Waals surface area (Å²) in [4.78, 5) is 11.3. The van der Waals surface area contributed by atoms with Crippen LogP contribution in [0.5, 0.6) is 0 Å². The molecule has 1 unspecified atom stereocenters. The molecule has 0 aliphatic carbocycles. The quantitative estimate of drug-likeness (QED) is 0.772. The van der Waals surface area contributed by atoms with Gasteiger partial charge in [-0.1, -0.05) is 32.0 Å². The van der Waals surface area contributed by atoms with Gasteiger partial charge >= 0.3 is 0 Å². The van der Waals surface area contributed by atoms with Crippen LogP contribution < -0.4 is 5.32 Å². The second-order valence-corrected chi connectivity index (χ2v) is 3.71. The Balaban J connectivity index is 2.50.